The first-order valence-corrected chi connectivity index (χ1v) is 11.8. The third kappa shape index (κ3) is 5.70. The Hall–Kier alpha value is -3.25. The van der Waals surface area contributed by atoms with Crippen LogP contribution >= 0.6 is 0 Å². The number of carbonyl (C=O) groups is 1. The molecule has 3 heterocycles. The molecule has 2 aromatic heterocycles. The minimum atomic E-state index is -4.64. The zero-order valence-corrected chi connectivity index (χ0v) is 19.4. The number of aryl methyl sites for hydroxylation is 1. The van der Waals surface area contributed by atoms with Crippen molar-refractivity contribution in [2.75, 3.05) is 6.54 Å². The second kappa shape index (κ2) is 10.2. The Morgan fingerprint density at radius 1 is 1.14 bits per heavy atom. The predicted octanol–water partition coefficient (Wildman–Crippen LogP) is 3.81. The van der Waals surface area contributed by atoms with E-state index in [4.69, 9.17) is 0 Å². The molecule has 184 valence electrons. The fourth-order valence-electron chi connectivity index (χ4n) is 3.71. The van der Waals surface area contributed by atoms with Crippen LogP contribution in [0, 0.1) is 12.7 Å². The smallest absolute Gasteiger partial charge is 0.351 e. The number of halogens is 4. The molecule has 1 amide bonds. The lowest BCUT2D eigenvalue weighted by atomic mass is 10.1. The van der Waals surface area contributed by atoms with Gasteiger partial charge in [-0.15, -0.1) is 0 Å². The summed E-state index contributed by atoms with van der Waals surface area (Å²) in [5.74, 6) is -1.97. The molecule has 3 aromatic rings. The second-order valence-electron chi connectivity index (χ2n) is 8.01. The Morgan fingerprint density at radius 2 is 1.83 bits per heavy atom. The van der Waals surface area contributed by atoms with E-state index in [1.807, 2.05) is 0 Å². The van der Waals surface area contributed by atoms with Gasteiger partial charge in [-0.1, -0.05) is 0 Å². The first-order valence-electron chi connectivity index (χ1n) is 10.7. The molecule has 1 aliphatic heterocycles. The van der Waals surface area contributed by atoms with E-state index in [0.29, 0.717) is 41.1 Å². The highest BCUT2D eigenvalue weighted by molar-refractivity contribution is 7.82. The molecular weight excluding hydrogens is 486 g/mol. The average molecular weight is 508 g/mol. The van der Waals surface area contributed by atoms with Gasteiger partial charge >= 0.3 is 6.18 Å². The number of hydrogen-bond donors (Lipinski definition) is 1. The number of nitrogens with zero attached hydrogens (tertiary/aromatic N) is 4. The molecule has 0 bridgehead atoms. The molecule has 4 rings (SSSR count). The maximum Gasteiger partial charge on any atom is 0.451 e. The predicted molar refractivity (Wildman–Crippen MR) is 119 cm³/mol. The van der Waals surface area contributed by atoms with Gasteiger partial charge in [-0.2, -0.15) is 13.2 Å². The van der Waals surface area contributed by atoms with Gasteiger partial charge in [-0.3, -0.25) is 9.78 Å². The monoisotopic (exact) mass is 507 g/mol. The number of amides is 1. The molecule has 1 aliphatic rings. The van der Waals surface area contributed by atoms with E-state index in [1.165, 1.54) is 24.3 Å². The van der Waals surface area contributed by atoms with E-state index in [-0.39, 0.29) is 12.5 Å². The second-order valence-corrected chi connectivity index (χ2v) is 9.45. The molecule has 1 aromatic carbocycles. The molecule has 1 fully saturated rings. The third-order valence-corrected chi connectivity index (χ3v) is 7.14. The standard InChI is InChI=1S/C23H21F4N5O2S/c1-14-10-28-19(16-12-30-22(31-13-16)23(25,26)27)9-15(14)11-29-21(33)20-3-2-8-32(20)35(34)18-6-4-17(24)5-7-18/h4-7,9-10,12-13,20H,2-3,8,11H2,1H3,(H,29,33). The van der Waals surface area contributed by atoms with Crippen LogP contribution in [0.3, 0.4) is 0 Å². The Labute approximate surface area is 201 Å². The van der Waals surface area contributed by atoms with Crippen molar-refractivity contribution in [3.63, 3.8) is 0 Å². The van der Waals surface area contributed by atoms with Crippen LogP contribution in [0.25, 0.3) is 11.3 Å². The summed E-state index contributed by atoms with van der Waals surface area (Å²) in [6.45, 7) is 2.41. The zero-order chi connectivity index (χ0) is 25.2. The molecular formula is C23H21F4N5O2S. The highest BCUT2D eigenvalue weighted by Gasteiger charge is 2.35. The number of carbonyl (C=O) groups excluding carboxylic acids is 1. The third-order valence-electron chi connectivity index (χ3n) is 5.60. The van der Waals surface area contributed by atoms with Gasteiger partial charge in [0.15, 0.2) is 0 Å². The SMILES string of the molecule is Cc1cnc(-c2cnc(C(F)(F)F)nc2)cc1CNC(=O)C1CCCN1S(=O)c1ccc(F)cc1. The lowest BCUT2D eigenvalue weighted by molar-refractivity contribution is -0.145. The van der Waals surface area contributed by atoms with Crippen molar-refractivity contribution in [3.05, 3.63) is 71.7 Å². The van der Waals surface area contributed by atoms with Crippen LogP contribution < -0.4 is 5.32 Å². The topological polar surface area (TPSA) is 88.1 Å². The van der Waals surface area contributed by atoms with E-state index in [0.717, 1.165) is 18.0 Å². The minimum Gasteiger partial charge on any atom is -0.351 e. The first-order chi connectivity index (χ1) is 16.6. The number of hydrogen-bond acceptors (Lipinski definition) is 5. The van der Waals surface area contributed by atoms with Crippen LogP contribution in [0.15, 0.2) is 53.8 Å². The van der Waals surface area contributed by atoms with Gasteiger partial charge in [-0.05, 0) is 61.2 Å². The lowest BCUT2D eigenvalue weighted by Crippen LogP contribution is -2.43. The molecule has 2 unspecified atom stereocenters. The highest BCUT2D eigenvalue weighted by atomic mass is 32.2. The number of pyridine rings is 1. The number of aromatic nitrogens is 3. The molecule has 1 saturated heterocycles. The van der Waals surface area contributed by atoms with Crippen molar-refractivity contribution in [1.82, 2.24) is 24.6 Å². The molecule has 7 nitrogen and oxygen atoms in total. The van der Waals surface area contributed by atoms with E-state index >= 15 is 0 Å². The van der Waals surface area contributed by atoms with E-state index in [2.05, 4.69) is 20.3 Å². The molecule has 1 N–H and O–H groups in total. The van der Waals surface area contributed by atoms with E-state index < -0.39 is 34.8 Å². The van der Waals surface area contributed by atoms with Crippen molar-refractivity contribution in [2.24, 2.45) is 0 Å². The number of rotatable bonds is 6. The Morgan fingerprint density at radius 3 is 2.49 bits per heavy atom. The number of benzene rings is 1. The van der Waals surface area contributed by atoms with Crippen molar-refractivity contribution in [3.8, 4) is 11.3 Å². The number of alkyl halides is 3. The van der Waals surface area contributed by atoms with Crippen molar-refractivity contribution in [2.45, 2.75) is 43.4 Å². The van der Waals surface area contributed by atoms with Crippen LogP contribution in [-0.2, 0) is 28.5 Å². The fraction of sp³-hybridized carbons (Fsp3) is 0.304. The molecule has 0 radical (unpaired) electrons. The average Bonchev–Trinajstić information content (AvgIpc) is 3.33. The minimum absolute atomic E-state index is 0.148. The van der Waals surface area contributed by atoms with Gasteiger partial charge in [0, 0.05) is 37.2 Å². The van der Waals surface area contributed by atoms with Gasteiger partial charge in [0.25, 0.3) is 0 Å². The first kappa shape index (κ1) is 24.9. The van der Waals surface area contributed by atoms with Gasteiger partial charge < -0.3 is 5.32 Å². The molecule has 0 aliphatic carbocycles. The van der Waals surface area contributed by atoms with Crippen molar-refractivity contribution < 1.29 is 26.6 Å². The van der Waals surface area contributed by atoms with E-state index in [1.54, 1.807) is 23.5 Å². The summed E-state index contributed by atoms with van der Waals surface area (Å²) >= 11 is 0. The van der Waals surface area contributed by atoms with E-state index in [9.17, 15) is 26.6 Å². The summed E-state index contributed by atoms with van der Waals surface area (Å²) in [6.07, 6.45) is 0.247. The van der Waals surface area contributed by atoms with Crippen LogP contribution in [0.4, 0.5) is 17.6 Å². The summed E-state index contributed by atoms with van der Waals surface area (Å²) in [5, 5.41) is 2.85. The van der Waals surface area contributed by atoms with Gasteiger partial charge in [0.2, 0.25) is 11.7 Å². The van der Waals surface area contributed by atoms with Crippen LogP contribution in [0.2, 0.25) is 0 Å². The van der Waals surface area contributed by atoms with Gasteiger partial charge in [-0.25, -0.2) is 22.9 Å². The lowest BCUT2D eigenvalue weighted by Gasteiger charge is -2.22. The van der Waals surface area contributed by atoms with Gasteiger partial charge in [0.1, 0.15) is 22.8 Å². The van der Waals surface area contributed by atoms with Crippen LogP contribution in [0.5, 0.6) is 0 Å². The number of nitrogens with one attached hydrogen (secondary N) is 1. The Balaban J connectivity index is 1.44. The maximum absolute atomic E-state index is 13.2. The maximum atomic E-state index is 13.2. The fourth-order valence-corrected chi connectivity index (χ4v) is 5.07. The zero-order valence-electron chi connectivity index (χ0n) is 18.6. The molecule has 2 atom stereocenters. The van der Waals surface area contributed by atoms with Crippen LogP contribution in [-0.4, -0.2) is 42.0 Å². The molecule has 0 saturated carbocycles. The molecule has 0 spiro atoms. The van der Waals surface area contributed by atoms with Crippen molar-refractivity contribution in [1.29, 1.82) is 0 Å². The van der Waals surface area contributed by atoms with Crippen molar-refractivity contribution >= 4 is 16.9 Å². The normalized spacial score (nSPS) is 17.3. The Kier molecular flexibility index (Phi) is 7.22. The quantitative estimate of drug-likeness (QED) is 0.513. The van der Waals surface area contributed by atoms with Crippen LogP contribution in [0.1, 0.15) is 29.8 Å². The van der Waals surface area contributed by atoms with Gasteiger partial charge in [0.05, 0.1) is 10.6 Å². The summed E-state index contributed by atoms with van der Waals surface area (Å²) < 4.78 is 65.9. The summed E-state index contributed by atoms with van der Waals surface area (Å²) in [7, 11) is -1.61. The molecule has 35 heavy (non-hydrogen) atoms. The Bertz CT molecular complexity index is 1240. The summed E-state index contributed by atoms with van der Waals surface area (Å²) in [4.78, 5) is 24.3. The molecule has 12 heteroatoms. The summed E-state index contributed by atoms with van der Waals surface area (Å²) in [6, 6.07) is 6.38. The largest absolute Gasteiger partial charge is 0.451 e. The summed E-state index contributed by atoms with van der Waals surface area (Å²) in [5.41, 5.74) is 2.17. The highest BCUT2D eigenvalue weighted by Crippen LogP contribution is 2.27.